The number of hydrogen-bond acceptors (Lipinski definition) is 3. The van der Waals surface area contributed by atoms with Crippen LogP contribution in [0.1, 0.15) is 35.9 Å². The fourth-order valence-corrected chi connectivity index (χ4v) is 2.06. The number of ketones is 1. The third-order valence-corrected chi connectivity index (χ3v) is 3.33. The van der Waals surface area contributed by atoms with Crippen LogP contribution in [0.4, 0.5) is 0 Å². The molecule has 1 atom stereocenters. The van der Waals surface area contributed by atoms with Crippen LogP contribution in [0.5, 0.6) is 0 Å². The molecule has 0 saturated carbocycles. The second-order valence-electron chi connectivity index (χ2n) is 4.79. The zero-order valence-corrected chi connectivity index (χ0v) is 10.9. The minimum atomic E-state index is 0.0427. The Balaban J connectivity index is 2.23. The number of hydrogen-bond donors (Lipinski definition) is 1. The predicted octanol–water partition coefficient (Wildman–Crippen LogP) is 3.30. The van der Waals surface area contributed by atoms with Crippen LogP contribution in [-0.2, 0) is 0 Å². The fourth-order valence-electron chi connectivity index (χ4n) is 2.06. The molecule has 0 amide bonds. The van der Waals surface area contributed by atoms with Crippen molar-refractivity contribution in [2.24, 2.45) is 11.7 Å². The van der Waals surface area contributed by atoms with Crippen LogP contribution in [0, 0.1) is 12.8 Å². The maximum Gasteiger partial charge on any atom is 0.198 e. The number of rotatable bonds is 5. The normalized spacial score (nSPS) is 12.8. The average molecular weight is 245 g/mol. The predicted molar refractivity (Wildman–Crippen MR) is 72.7 cm³/mol. The number of carbonyl (C=O) groups excluding carboxylic acids is 1. The van der Waals surface area contributed by atoms with Crippen molar-refractivity contribution in [1.29, 1.82) is 0 Å². The van der Waals surface area contributed by atoms with Gasteiger partial charge in [-0.1, -0.05) is 25.0 Å². The standard InChI is InChI=1S/C15H19NO2/c1-3-11(9-16)7-13(17)15-8-12-6-10(2)4-5-14(12)18-15/h4-6,8,11H,3,7,9,16H2,1-2H3. The molecule has 0 bridgehead atoms. The first-order valence-corrected chi connectivity index (χ1v) is 6.37. The lowest BCUT2D eigenvalue weighted by molar-refractivity contribution is 0.0936. The van der Waals surface area contributed by atoms with Gasteiger partial charge in [-0.3, -0.25) is 4.79 Å². The highest BCUT2D eigenvalue weighted by molar-refractivity contribution is 5.97. The van der Waals surface area contributed by atoms with Crippen LogP contribution < -0.4 is 5.73 Å². The van der Waals surface area contributed by atoms with E-state index in [0.29, 0.717) is 18.7 Å². The Kier molecular flexibility index (Phi) is 3.82. The van der Waals surface area contributed by atoms with Crippen LogP contribution >= 0.6 is 0 Å². The molecule has 18 heavy (non-hydrogen) atoms. The molecule has 2 N–H and O–H groups in total. The minimum Gasteiger partial charge on any atom is -0.453 e. The molecule has 0 fully saturated rings. The molecule has 0 radical (unpaired) electrons. The Labute approximate surface area is 107 Å². The molecule has 0 aliphatic carbocycles. The van der Waals surface area contributed by atoms with Gasteiger partial charge in [0.1, 0.15) is 5.58 Å². The molecule has 1 heterocycles. The van der Waals surface area contributed by atoms with Crippen LogP contribution in [-0.4, -0.2) is 12.3 Å². The third-order valence-electron chi connectivity index (χ3n) is 3.33. The van der Waals surface area contributed by atoms with Gasteiger partial charge in [0, 0.05) is 11.8 Å². The van der Waals surface area contributed by atoms with Gasteiger partial charge >= 0.3 is 0 Å². The Morgan fingerprint density at radius 3 is 2.83 bits per heavy atom. The van der Waals surface area contributed by atoms with E-state index in [-0.39, 0.29) is 11.7 Å². The summed E-state index contributed by atoms with van der Waals surface area (Å²) in [5.74, 6) is 0.733. The van der Waals surface area contributed by atoms with Gasteiger partial charge in [-0.05, 0) is 37.6 Å². The Hall–Kier alpha value is -1.61. The zero-order chi connectivity index (χ0) is 13.1. The summed E-state index contributed by atoms with van der Waals surface area (Å²) in [7, 11) is 0. The highest BCUT2D eigenvalue weighted by atomic mass is 16.3. The van der Waals surface area contributed by atoms with Crippen molar-refractivity contribution in [2.45, 2.75) is 26.7 Å². The second kappa shape index (κ2) is 5.36. The van der Waals surface area contributed by atoms with E-state index in [1.54, 1.807) is 0 Å². The molecule has 1 aromatic carbocycles. The van der Waals surface area contributed by atoms with Gasteiger partial charge in [0.25, 0.3) is 0 Å². The summed E-state index contributed by atoms with van der Waals surface area (Å²) in [6.45, 7) is 4.61. The number of furan rings is 1. The van der Waals surface area contributed by atoms with Gasteiger partial charge in [0.15, 0.2) is 11.5 Å². The fraction of sp³-hybridized carbons (Fsp3) is 0.400. The number of fused-ring (bicyclic) bond motifs is 1. The summed E-state index contributed by atoms with van der Waals surface area (Å²) in [6, 6.07) is 7.74. The highest BCUT2D eigenvalue weighted by Crippen LogP contribution is 2.22. The van der Waals surface area contributed by atoms with E-state index < -0.39 is 0 Å². The molecule has 2 rings (SSSR count). The molecule has 0 aliphatic rings. The van der Waals surface area contributed by atoms with E-state index in [1.165, 1.54) is 0 Å². The van der Waals surface area contributed by atoms with Crippen molar-refractivity contribution in [3.05, 3.63) is 35.6 Å². The number of benzene rings is 1. The van der Waals surface area contributed by atoms with Crippen molar-refractivity contribution in [3.8, 4) is 0 Å². The summed E-state index contributed by atoms with van der Waals surface area (Å²) in [6.07, 6.45) is 1.38. The maximum atomic E-state index is 12.1. The van der Waals surface area contributed by atoms with E-state index in [2.05, 4.69) is 0 Å². The SMILES string of the molecule is CCC(CN)CC(=O)c1cc2cc(C)ccc2o1. The molecule has 3 nitrogen and oxygen atoms in total. The molecule has 0 spiro atoms. The third kappa shape index (κ3) is 2.62. The van der Waals surface area contributed by atoms with Crippen LogP contribution in [0.25, 0.3) is 11.0 Å². The molecule has 1 unspecified atom stereocenters. The van der Waals surface area contributed by atoms with Gasteiger partial charge in [-0.25, -0.2) is 0 Å². The average Bonchev–Trinajstić information content (AvgIpc) is 2.78. The summed E-state index contributed by atoms with van der Waals surface area (Å²) < 4.78 is 5.58. The minimum absolute atomic E-state index is 0.0427. The maximum absolute atomic E-state index is 12.1. The van der Waals surface area contributed by atoms with E-state index in [0.717, 1.165) is 23.0 Å². The summed E-state index contributed by atoms with van der Waals surface area (Å²) in [5.41, 5.74) is 7.55. The van der Waals surface area contributed by atoms with Gasteiger partial charge < -0.3 is 10.2 Å². The highest BCUT2D eigenvalue weighted by Gasteiger charge is 2.16. The van der Waals surface area contributed by atoms with Crippen LogP contribution in [0.15, 0.2) is 28.7 Å². The van der Waals surface area contributed by atoms with Gasteiger partial charge in [0.2, 0.25) is 0 Å². The lowest BCUT2D eigenvalue weighted by Crippen LogP contribution is -2.17. The first-order valence-electron chi connectivity index (χ1n) is 6.37. The molecule has 3 heteroatoms. The van der Waals surface area contributed by atoms with Crippen LogP contribution in [0.3, 0.4) is 0 Å². The van der Waals surface area contributed by atoms with E-state index >= 15 is 0 Å². The van der Waals surface area contributed by atoms with Crippen molar-refractivity contribution in [2.75, 3.05) is 6.54 Å². The Bertz CT molecular complexity index is 553. The van der Waals surface area contributed by atoms with Gasteiger partial charge in [-0.15, -0.1) is 0 Å². The zero-order valence-electron chi connectivity index (χ0n) is 10.9. The van der Waals surface area contributed by atoms with Gasteiger partial charge in [0.05, 0.1) is 0 Å². The van der Waals surface area contributed by atoms with E-state index in [9.17, 15) is 4.79 Å². The lowest BCUT2D eigenvalue weighted by atomic mass is 9.99. The summed E-state index contributed by atoms with van der Waals surface area (Å²) in [4.78, 5) is 12.1. The Morgan fingerprint density at radius 2 is 2.17 bits per heavy atom. The Morgan fingerprint density at radius 1 is 1.39 bits per heavy atom. The monoisotopic (exact) mass is 245 g/mol. The first kappa shape index (κ1) is 12.8. The molecular weight excluding hydrogens is 226 g/mol. The second-order valence-corrected chi connectivity index (χ2v) is 4.79. The quantitative estimate of drug-likeness (QED) is 0.822. The van der Waals surface area contributed by atoms with Crippen LogP contribution in [0.2, 0.25) is 0 Å². The van der Waals surface area contributed by atoms with Gasteiger partial charge in [-0.2, -0.15) is 0 Å². The first-order chi connectivity index (χ1) is 8.63. The molecule has 96 valence electrons. The lowest BCUT2D eigenvalue weighted by Gasteiger charge is -2.08. The van der Waals surface area contributed by atoms with E-state index in [4.69, 9.17) is 10.2 Å². The van der Waals surface area contributed by atoms with Crippen molar-refractivity contribution < 1.29 is 9.21 Å². The molecule has 2 aromatic rings. The largest absolute Gasteiger partial charge is 0.453 e. The van der Waals surface area contributed by atoms with Crippen molar-refractivity contribution >= 4 is 16.8 Å². The summed E-state index contributed by atoms with van der Waals surface area (Å²) in [5, 5.41) is 0.985. The molecule has 1 aromatic heterocycles. The van der Waals surface area contributed by atoms with E-state index in [1.807, 2.05) is 38.1 Å². The number of aryl methyl sites for hydroxylation is 1. The molecule has 0 saturated heterocycles. The topological polar surface area (TPSA) is 56.2 Å². The summed E-state index contributed by atoms with van der Waals surface area (Å²) >= 11 is 0. The molecule has 0 aliphatic heterocycles. The van der Waals surface area contributed by atoms with Crippen molar-refractivity contribution in [3.63, 3.8) is 0 Å². The number of nitrogens with two attached hydrogens (primary N) is 1. The smallest absolute Gasteiger partial charge is 0.198 e. The number of carbonyl (C=O) groups is 1. The van der Waals surface area contributed by atoms with Crippen molar-refractivity contribution in [1.82, 2.24) is 0 Å². The number of Topliss-reactive ketones (excluding diaryl/α,β-unsaturated/α-hetero) is 1. The molecular formula is C15H19NO2.